The van der Waals surface area contributed by atoms with E-state index in [0.29, 0.717) is 36.6 Å². The number of piperazine rings is 1. The number of anilines is 2. The zero-order valence-corrected chi connectivity index (χ0v) is 18.6. The van der Waals surface area contributed by atoms with Crippen molar-refractivity contribution in [3.8, 4) is 5.75 Å². The molecule has 33 heavy (non-hydrogen) atoms. The van der Waals surface area contributed by atoms with Crippen molar-refractivity contribution in [1.82, 2.24) is 9.88 Å². The van der Waals surface area contributed by atoms with Crippen LogP contribution in [0, 0.1) is 6.92 Å². The number of fused-ring (bicyclic) bond motifs is 1. The van der Waals surface area contributed by atoms with E-state index < -0.39 is 0 Å². The first-order valence-corrected chi connectivity index (χ1v) is 11.2. The van der Waals surface area contributed by atoms with Gasteiger partial charge in [0, 0.05) is 37.9 Å². The summed E-state index contributed by atoms with van der Waals surface area (Å²) in [6, 6.07) is 19.3. The van der Waals surface area contributed by atoms with Gasteiger partial charge >= 0.3 is 0 Å². The number of nitrogens with zero attached hydrogens (tertiary/aromatic N) is 4. The molecule has 0 bridgehead atoms. The Morgan fingerprint density at radius 1 is 1.00 bits per heavy atom. The topological polar surface area (TPSA) is 66.0 Å². The quantitative estimate of drug-likeness (QED) is 0.621. The second kappa shape index (κ2) is 8.94. The number of hydrogen-bond acceptors (Lipinski definition) is 5. The minimum absolute atomic E-state index is 0.00162. The Morgan fingerprint density at radius 3 is 2.52 bits per heavy atom. The number of amides is 2. The molecule has 168 valence electrons. The predicted molar refractivity (Wildman–Crippen MR) is 127 cm³/mol. The minimum atomic E-state index is -0.114. The van der Waals surface area contributed by atoms with Crippen LogP contribution in [0.2, 0.25) is 0 Å². The smallest absolute Gasteiger partial charge is 0.265 e. The van der Waals surface area contributed by atoms with Crippen molar-refractivity contribution in [2.24, 2.45) is 0 Å². The van der Waals surface area contributed by atoms with Gasteiger partial charge in [-0.3, -0.25) is 9.59 Å². The van der Waals surface area contributed by atoms with E-state index in [4.69, 9.17) is 4.74 Å². The van der Waals surface area contributed by atoms with Crippen LogP contribution in [0.3, 0.4) is 0 Å². The number of aryl methyl sites for hydroxylation is 1. The molecule has 0 aliphatic carbocycles. The van der Waals surface area contributed by atoms with Crippen LogP contribution in [0.4, 0.5) is 11.5 Å². The van der Waals surface area contributed by atoms with Gasteiger partial charge in [-0.15, -0.1) is 0 Å². The summed E-state index contributed by atoms with van der Waals surface area (Å²) in [6.07, 6.45) is 1.78. The molecule has 0 spiro atoms. The van der Waals surface area contributed by atoms with Crippen molar-refractivity contribution < 1.29 is 14.3 Å². The molecule has 0 atom stereocenters. The highest BCUT2D eigenvalue weighted by Crippen LogP contribution is 2.34. The molecule has 7 nitrogen and oxygen atoms in total. The van der Waals surface area contributed by atoms with E-state index in [0.717, 1.165) is 24.5 Å². The number of aromatic nitrogens is 1. The molecule has 2 amide bonds. The highest BCUT2D eigenvalue weighted by atomic mass is 16.5. The minimum Gasteiger partial charge on any atom is -0.482 e. The zero-order chi connectivity index (χ0) is 22.8. The average Bonchev–Trinajstić information content (AvgIpc) is 2.87. The number of ether oxygens (including phenoxy) is 1. The molecule has 1 aromatic heterocycles. The first kappa shape index (κ1) is 21.0. The van der Waals surface area contributed by atoms with Crippen molar-refractivity contribution in [3.63, 3.8) is 0 Å². The normalized spacial score (nSPS) is 15.8. The fourth-order valence-electron chi connectivity index (χ4n) is 4.25. The summed E-state index contributed by atoms with van der Waals surface area (Å²) in [6.45, 7) is 5.18. The molecule has 1 saturated heterocycles. The maximum atomic E-state index is 13.3. The first-order valence-electron chi connectivity index (χ1n) is 11.2. The van der Waals surface area contributed by atoms with Gasteiger partial charge in [0.05, 0.1) is 12.2 Å². The maximum absolute atomic E-state index is 13.3. The molecule has 0 N–H and O–H groups in total. The Morgan fingerprint density at radius 2 is 1.79 bits per heavy atom. The summed E-state index contributed by atoms with van der Waals surface area (Å²) < 4.78 is 5.64. The Labute approximate surface area is 193 Å². The predicted octanol–water partition coefficient (Wildman–Crippen LogP) is 3.28. The van der Waals surface area contributed by atoms with Gasteiger partial charge in [-0.1, -0.05) is 35.9 Å². The summed E-state index contributed by atoms with van der Waals surface area (Å²) in [4.78, 5) is 36.1. The van der Waals surface area contributed by atoms with E-state index in [-0.39, 0.29) is 18.4 Å². The molecule has 5 rings (SSSR count). The van der Waals surface area contributed by atoms with Gasteiger partial charge in [0.2, 0.25) is 0 Å². The molecule has 7 heteroatoms. The van der Waals surface area contributed by atoms with Crippen molar-refractivity contribution in [2.75, 3.05) is 42.6 Å². The highest BCUT2D eigenvalue weighted by molar-refractivity contribution is 6.01. The van der Waals surface area contributed by atoms with Crippen LogP contribution in [-0.4, -0.2) is 54.5 Å². The second-order valence-electron chi connectivity index (χ2n) is 8.40. The number of pyridine rings is 1. The Kier molecular flexibility index (Phi) is 5.69. The van der Waals surface area contributed by atoms with Crippen molar-refractivity contribution in [1.29, 1.82) is 0 Å². The van der Waals surface area contributed by atoms with Crippen molar-refractivity contribution in [3.05, 3.63) is 83.6 Å². The molecule has 0 saturated carbocycles. The lowest BCUT2D eigenvalue weighted by atomic mass is 10.1. The van der Waals surface area contributed by atoms with Crippen LogP contribution in [0.25, 0.3) is 0 Å². The fraction of sp³-hybridized carbons (Fsp3) is 0.269. The van der Waals surface area contributed by atoms with Crippen LogP contribution in [-0.2, 0) is 11.3 Å². The fourth-order valence-corrected chi connectivity index (χ4v) is 4.25. The van der Waals surface area contributed by atoms with Gasteiger partial charge in [-0.2, -0.15) is 0 Å². The largest absolute Gasteiger partial charge is 0.482 e. The van der Waals surface area contributed by atoms with Crippen LogP contribution < -0.4 is 14.5 Å². The zero-order valence-electron chi connectivity index (χ0n) is 18.6. The summed E-state index contributed by atoms with van der Waals surface area (Å²) in [5, 5.41) is 0. The molecule has 0 unspecified atom stereocenters. The van der Waals surface area contributed by atoms with Gasteiger partial charge in [-0.25, -0.2) is 4.98 Å². The van der Waals surface area contributed by atoms with E-state index >= 15 is 0 Å². The van der Waals surface area contributed by atoms with E-state index in [9.17, 15) is 9.59 Å². The average molecular weight is 443 g/mol. The third kappa shape index (κ3) is 4.39. The number of carbonyl (C=O) groups is 2. The monoisotopic (exact) mass is 442 g/mol. The van der Waals surface area contributed by atoms with E-state index in [1.54, 1.807) is 29.3 Å². The van der Waals surface area contributed by atoms with Crippen molar-refractivity contribution in [2.45, 2.75) is 13.5 Å². The van der Waals surface area contributed by atoms with E-state index in [1.807, 2.05) is 54.3 Å². The van der Waals surface area contributed by atoms with Crippen LogP contribution in [0.1, 0.15) is 21.5 Å². The lowest BCUT2D eigenvalue weighted by Crippen LogP contribution is -2.49. The van der Waals surface area contributed by atoms with Gasteiger partial charge in [-0.05, 0) is 42.8 Å². The van der Waals surface area contributed by atoms with E-state index in [2.05, 4.69) is 9.88 Å². The lowest BCUT2D eigenvalue weighted by Gasteiger charge is -2.35. The summed E-state index contributed by atoms with van der Waals surface area (Å²) in [5.74, 6) is 1.41. The Hall–Kier alpha value is -3.87. The van der Waals surface area contributed by atoms with Gasteiger partial charge in [0.15, 0.2) is 6.61 Å². The highest BCUT2D eigenvalue weighted by Gasteiger charge is 2.28. The third-order valence-electron chi connectivity index (χ3n) is 6.15. The van der Waals surface area contributed by atoms with Gasteiger partial charge in [0.25, 0.3) is 11.8 Å². The van der Waals surface area contributed by atoms with Gasteiger partial charge in [0.1, 0.15) is 11.6 Å². The van der Waals surface area contributed by atoms with Gasteiger partial charge < -0.3 is 19.4 Å². The second-order valence-corrected chi connectivity index (χ2v) is 8.40. The van der Waals surface area contributed by atoms with E-state index in [1.165, 1.54) is 5.56 Å². The number of carbonyl (C=O) groups excluding carboxylic acids is 2. The Bertz CT molecular complexity index is 1160. The number of hydrogen-bond donors (Lipinski definition) is 0. The lowest BCUT2D eigenvalue weighted by molar-refractivity contribution is -0.121. The summed E-state index contributed by atoms with van der Waals surface area (Å²) in [7, 11) is 0. The maximum Gasteiger partial charge on any atom is 0.265 e. The standard InChI is InChI=1S/C26H26N4O3/c1-19-5-7-20(8-6-19)17-30-22-16-21(9-10-23(22)33-18-25(30)31)26(32)29-14-12-28(13-15-29)24-4-2-3-11-27-24/h2-11,16H,12-15,17-18H2,1H3. The SMILES string of the molecule is Cc1ccc(CN2C(=O)COc3ccc(C(=O)N4CCN(c5ccccn5)CC4)cc32)cc1. The molecule has 2 aliphatic heterocycles. The number of benzene rings is 2. The first-order chi connectivity index (χ1) is 16.1. The molecule has 2 aliphatic rings. The van der Waals surface area contributed by atoms with Crippen LogP contribution in [0.15, 0.2) is 66.9 Å². The summed E-state index contributed by atoms with van der Waals surface area (Å²) in [5.41, 5.74) is 3.41. The van der Waals surface area contributed by atoms with Crippen LogP contribution in [0.5, 0.6) is 5.75 Å². The third-order valence-corrected chi connectivity index (χ3v) is 6.15. The molecule has 0 radical (unpaired) electrons. The molecule has 3 aromatic rings. The molecular formula is C26H26N4O3. The molecular weight excluding hydrogens is 416 g/mol. The summed E-state index contributed by atoms with van der Waals surface area (Å²) >= 11 is 0. The Balaban J connectivity index is 1.33. The molecule has 1 fully saturated rings. The van der Waals surface area contributed by atoms with Crippen molar-refractivity contribution >= 4 is 23.3 Å². The molecule has 3 heterocycles. The van der Waals surface area contributed by atoms with Crippen LogP contribution >= 0.6 is 0 Å². The number of rotatable bonds is 4. The molecule has 2 aromatic carbocycles.